The summed E-state index contributed by atoms with van der Waals surface area (Å²) in [6.07, 6.45) is 0. The van der Waals surface area contributed by atoms with Crippen molar-refractivity contribution in [3.8, 4) is 44.5 Å². The van der Waals surface area contributed by atoms with Crippen LogP contribution in [0, 0.1) is 0 Å². The molecule has 12 rings (SSSR count). The summed E-state index contributed by atoms with van der Waals surface area (Å²) in [5.74, 6) is 0. The van der Waals surface area contributed by atoms with Crippen LogP contribution in [0.2, 0.25) is 0 Å². The van der Waals surface area contributed by atoms with Gasteiger partial charge in [0.05, 0.1) is 0 Å². The van der Waals surface area contributed by atoms with E-state index in [1.807, 2.05) is 0 Å². The van der Waals surface area contributed by atoms with Crippen LogP contribution < -0.4 is 0 Å². The molecule has 12 aromatic carbocycles. The average molecular weight is 707 g/mol. The average Bonchev–Trinajstić information content (AvgIpc) is 3.27. The van der Waals surface area contributed by atoms with Crippen molar-refractivity contribution in [2.24, 2.45) is 0 Å². The molecule has 0 aromatic heterocycles. The Kier molecular flexibility index (Phi) is 6.73. The summed E-state index contributed by atoms with van der Waals surface area (Å²) >= 11 is 0. The molecular weight excluding hydrogens is 673 g/mol. The molecule has 0 unspecified atom stereocenters. The highest BCUT2D eigenvalue weighted by Gasteiger charge is 2.23. The van der Waals surface area contributed by atoms with E-state index in [1.54, 1.807) is 0 Å². The van der Waals surface area contributed by atoms with Crippen molar-refractivity contribution in [1.82, 2.24) is 0 Å². The van der Waals surface area contributed by atoms with Crippen molar-refractivity contribution >= 4 is 75.4 Å². The van der Waals surface area contributed by atoms with E-state index in [1.165, 1.54) is 120 Å². The first-order valence-corrected chi connectivity index (χ1v) is 19.5. The molecule has 0 bridgehead atoms. The van der Waals surface area contributed by atoms with Gasteiger partial charge in [-0.3, -0.25) is 0 Å². The number of benzene rings is 12. The Bertz CT molecular complexity index is 3500. The first kappa shape index (κ1) is 31.1. The fourth-order valence-electron chi connectivity index (χ4n) is 9.88. The molecule has 258 valence electrons. The van der Waals surface area contributed by atoms with E-state index in [0.717, 1.165) is 0 Å². The monoisotopic (exact) mass is 706 g/mol. The molecule has 0 atom stereocenters. The van der Waals surface area contributed by atoms with E-state index in [4.69, 9.17) is 0 Å². The van der Waals surface area contributed by atoms with E-state index in [0.29, 0.717) is 0 Å². The molecule has 0 fully saturated rings. The van der Waals surface area contributed by atoms with Gasteiger partial charge in [-0.2, -0.15) is 0 Å². The maximum Gasteiger partial charge on any atom is -0.00134 e. The van der Waals surface area contributed by atoms with Crippen LogP contribution in [0.4, 0.5) is 0 Å². The van der Waals surface area contributed by atoms with Gasteiger partial charge in [-0.25, -0.2) is 0 Å². The summed E-state index contributed by atoms with van der Waals surface area (Å²) in [6.45, 7) is 0. The van der Waals surface area contributed by atoms with Crippen LogP contribution in [-0.4, -0.2) is 0 Å². The van der Waals surface area contributed by atoms with E-state index in [-0.39, 0.29) is 0 Å². The molecule has 0 spiro atoms. The van der Waals surface area contributed by atoms with Gasteiger partial charge in [-0.15, -0.1) is 0 Å². The molecule has 0 heteroatoms. The van der Waals surface area contributed by atoms with Gasteiger partial charge in [0, 0.05) is 0 Å². The van der Waals surface area contributed by atoms with E-state index < -0.39 is 0 Å². The van der Waals surface area contributed by atoms with Crippen molar-refractivity contribution in [3.05, 3.63) is 206 Å². The van der Waals surface area contributed by atoms with Crippen LogP contribution in [-0.2, 0) is 0 Å². The predicted molar refractivity (Wildman–Crippen MR) is 242 cm³/mol. The second-order valence-electron chi connectivity index (χ2n) is 15.1. The van der Waals surface area contributed by atoms with Gasteiger partial charge < -0.3 is 0 Å². The lowest BCUT2D eigenvalue weighted by molar-refractivity contribution is 1.60. The summed E-state index contributed by atoms with van der Waals surface area (Å²) in [5, 5.41) is 18.2. The lowest BCUT2D eigenvalue weighted by Crippen LogP contribution is -1.95. The normalized spacial score (nSPS) is 11.9. The fourth-order valence-corrected chi connectivity index (χ4v) is 9.88. The van der Waals surface area contributed by atoms with Crippen LogP contribution in [0.5, 0.6) is 0 Å². The van der Waals surface area contributed by atoms with Gasteiger partial charge in [0.25, 0.3) is 0 Å². The highest BCUT2D eigenvalue weighted by atomic mass is 14.3. The Morgan fingerprint density at radius 2 is 0.661 bits per heavy atom. The molecular formula is C56H34. The smallest absolute Gasteiger partial charge is 0.00134 e. The third kappa shape index (κ3) is 4.42. The lowest BCUT2D eigenvalue weighted by atomic mass is 9.80. The molecule has 0 heterocycles. The van der Waals surface area contributed by atoms with Gasteiger partial charge in [0.1, 0.15) is 0 Å². The molecule has 0 nitrogen and oxygen atoms in total. The first-order chi connectivity index (χ1) is 27.8. The quantitative estimate of drug-likeness (QED) is 0.126. The number of fused-ring (bicyclic) bond motifs is 7. The summed E-state index contributed by atoms with van der Waals surface area (Å²) in [5.41, 5.74) is 10.0. The van der Waals surface area contributed by atoms with Crippen molar-refractivity contribution < 1.29 is 0 Å². The van der Waals surface area contributed by atoms with E-state index in [2.05, 4.69) is 206 Å². The van der Waals surface area contributed by atoms with Crippen molar-refractivity contribution in [2.45, 2.75) is 0 Å². The summed E-state index contributed by atoms with van der Waals surface area (Å²) in [4.78, 5) is 0. The Labute approximate surface area is 324 Å². The van der Waals surface area contributed by atoms with Crippen molar-refractivity contribution in [2.75, 3.05) is 0 Å². The largest absolute Gasteiger partial charge is 0.0622 e. The predicted octanol–water partition coefficient (Wildman–Crippen LogP) is 15.9. The zero-order chi connectivity index (χ0) is 36.7. The molecule has 0 saturated carbocycles. The minimum atomic E-state index is 1.23. The van der Waals surface area contributed by atoms with Crippen LogP contribution in [0.25, 0.3) is 120 Å². The van der Waals surface area contributed by atoms with E-state index >= 15 is 0 Å². The van der Waals surface area contributed by atoms with Crippen molar-refractivity contribution in [1.29, 1.82) is 0 Å². The standard InChI is InChI=1S/C56H34/c1-3-16-35(17-4-1)38-21-9-10-23-41(38)44-31-32-47(43-25-12-11-24-42(43)44)52-45-26-13-14-27-46(45)54-50-33-30-39(36-18-5-2-6-19-36)51-34-37-20-7-8-22-40(37)53(56(50)51)49-29-15-28-48(52)55(49)54/h1-34H. The van der Waals surface area contributed by atoms with Gasteiger partial charge in [-0.1, -0.05) is 200 Å². The van der Waals surface area contributed by atoms with Gasteiger partial charge >= 0.3 is 0 Å². The molecule has 12 aromatic rings. The highest BCUT2D eigenvalue weighted by Crippen LogP contribution is 2.52. The molecule has 0 radical (unpaired) electrons. The molecule has 0 N–H and O–H groups in total. The third-order valence-electron chi connectivity index (χ3n) is 12.2. The minimum absolute atomic E-state index is 1.23. The summed E-state index contributed by atoms with van der Waals surface area (Å²) < 4.78 is 0. The zero-order valence-electron chi connectivity index (χ0n) is 30.6. The topological polar surface area (TPSA) is 0 Å². The number of hydrogen-bond donors (Lipinski definition) is 0. The number of hydrogen-bond acceptors (Lipinski definition) is 0. The van der Waals surface area contributed by atoms with Crippen LogP contribution in [0.1, 0.15) is 0 Å². The van der Waals surface area contributed by atoms with Crippen molar-refractivity contribution in [3.63, 3.8) is 0 Å². The minimum Gasteiger partial charge on any atom is -0.0622 e. The Hall–Kier alpha value is -7.28. The first-order valence-electron chi connectivity index (χ1n) is 19.5. The second-order valence-corrected chi connectivity index (χ2v) is 15.1. The lowest BCUT2D eigenvalue weighted by Gasteiger charge is -2.23. The molecule has 0 saturated heterocycles. The second kappa shape index (κ2) is 12.1. The third-order valence-corrected chi connectivity index (χ3v) is 12.2. The molecule has 0 aliphatic carbocycles. The fraction of sp³-hybridized carbons (Fsp3) is 0. The Morgan fingerprint density at radius 3 is 1.43 bits per heavy atom. The molecule has 0 aliphatic rings. The molecule has 56 heavy (non-hydrogen) atoms. The van der Waals surface area contributed by atoms with Gasteiger partial charge in [0.15, 0.2) is 0 Å². The van der Waals surface area contributed by atoms with Crippen LogP contribution >= 0.6 is 0 Å². The van der Waals surface area contributed by atoms with Gasteiger partial charge in [-0.05, 0) is 126 Å². The maximum absolute atomic E-state index is 2.42. The molecule has 0 amide bonds. The van der Waals surface area contributed by atoms with Crippen LogP contribution in [0.15, 0.2) is 206 Å². The summed E-state index contributed by atoms with van der Waals surface area (Å²) in [6, 6.07) is 76.4. The zero-order valence-corrected chi connectivity index (χ0v) is 30.6. The Balaban J connectivity index is 1.23. The summed E-state index contributed by atoms with van der Waals surface area (Å²) in [7, 11) is 0. The highest BCUT2D eigenvalue weighted by molar-refractivity contribution is 6.44. The van der Waals surface area contributed by atoms with E-state index in [9.17, 15) is 0 Å². The maximum atomic E-state index is 2.42. The van der Waals surface area contributed by atoms with Crippen LogP contribution in [0.3, 0.4) is 0 Å². The Morgan fingerprint density at radius 1 is 0.196 bits per heavy atom. The van der Waals surface area contributed by atoms with Gasteiger partial charge in [0.2, 0.25) is 0 Å². The number of rotatable bonds is 4. The molecule has 0 aliphatic heterocycles. The SMILES string of the molecule is c1ccc(-c2ccccc2-c2ccc(-c3c4ccccc4c4c5ccc(-c6ccccc6)c6cc7ccccc7c(c7cccc3c74)c65)c3ccccc23)cc1.